The van der Waals surface area contributed by atoms with Gasteiger partial charge in [-0.1, -0.05) is 35.9 Å². The topological polar surface area (TPSA) is 80.3 Å². The van der Waals surface area contributed by atoms with Gasteiger partial charge in [-0.3, -0.25) is 14.6 Å². The van der Waals surface area contributed by atoms with E-state index in [1.807, 2.05) is 43.3 Å². The van der Waals surface area contributed by atoms with Crippen molar-refractivity contribution >= 4 is 17.5 Å². The minimum Gasteiger partial charge on any atom is -0.494 e. The molecule has 0 fully saturated rings. The van der Waals surface area contributed by atoms with Crippen molar-refractivity contribution in [3.8, 4) is 5.75 Å². The average Bonchev–Trinajstić information content (AvgIpc) is 2.77. The first kappa shape index (κ1) is 21.0. The van der Waals surface area contributed by atoms with Crippen LogP contribution in [0.3, 0.4) is 0 Å². The van der Waals surface area contributed by atoms with Crippen molar-refractivity contribution in [1.29, 1.82) is 0 Å². The van der Waals surface area contributed by atoms with Crippen LogP contribution in [0.5, 0.6) is 5.75 Å². The third kappa shape index (κ3) is 6.44. The number of nitrogens with zero attached hydrogens (tertiary/aromatic N) is 1. The number of rotatable bonds is 9. The summed E-state index contributed by atoms with van der Waals surface area (Å²) in [6.45, 7) is 2.83. The lowest BCUT2D eigenvalue weighted by atomic mass is 10.1. The summed E-state index contributed by atoms with van der Waals surface area (Å²) in [5.41, 5.74) is 2.99. The molecule has 3 rings (SSSR count). The molecular weight excluding hydrogens is 378 g/mol. The highest BCUT2D eigenvalue weighted by molar-refractivity contribution is 6.03. The van der Waals surface area contributed by atoms with Gasteiger partial charge in [-0.25, -0.2) is 0 Å². The van der Waals surface area contributed by atoms with Crippen LogP contribution < -0.4 is 15.4 Å². The Labute approximate surface area is 176 Å². The molecule has 1 heterocycles. The summed E-state index contributed by atoms with van der Waals surface area (Å²) in [7, 11) is 0. The van der Waals surface area contributed by atoms with Crippen molar-refractivity contribution in [1.82, 2.24) is 10.3 Å². The van der Waals surface area contributed by atoms with Crippen LogP contribution in [0.15, 0.2) is 73.1 Å². The molecular formula is C24H25N3O3. The Morgan fingerprint density at radius 2 is 1.80 bits per heavy atom. The minimum atomic E-state index is -0.252. The van der Waals surface area contributed by atoms with Crippen LogP contribution in [-0.2, 0) is 11.3 Å². The highest BCUT2D eigenvalue weighted by Crippen LogP contribution is 2.16. The fraction of sp³-hybridized carbons (Fsp3) is 0.208. The molecule has 0 aliphatic carbocycles. The van der Waals surface area contributed by atoms with Crippen LogP contribution >= 0.6 is 0 Å². The zero-order valence-corrected chi connectivity index (χ0v) is 16.9. The van der Waals surface area contributed by atoms with Crippen LogP contribution in [0.2, 0.25) is 0 Å². The molecule has 6 heteroatoms. The Morgan fingerprint density at radius 1 is 1.00 bits per heavy atom. The van der Waals surface area contributed by atoms with Gasteiger partial charge in [-0.05, 0) is 49.2 Å². The molecule has 0 bridgehead atoms. The van der Waals surface area contributed by atoms with Crippen LogP contribution in [0.25, 0.3) is 0 Å². The number of hydrogen-bond donors (Lipinski definition) is 2. The third-order valence-electron chi connectivity index (χ3n) is 4.46. The quantitative estimate of drug-likeness (QED) is 0.527. The number of carbonyl (C=O) groups is 2. The van der Waals surface area contributed by atoms with Gasteiger partial charge in [-0.15, -0.1) is 0 Å². The standard InChI is InChI=1S/C24H25N3O3/c1-18-10-12-20(13-11-18)30-15-5-9-23(28)27-22-8-3-2-7-21(22)24(29)26-17-19-6-4-14-25-16-19/h2-4,6-8,10-14,16H,5,9,15,17H2,1H3,(H,26,29)(H,27,28). The smallest absolute Gasteiger partial charge is 0.253 e. The van der Waals surface area contributed by atoms with Crippen molar-refractivity contribution in [3.63, 3.8) is 0 Å². The van der Waals surface area contributed by atoms with E-state index in [9.17, 15) is 9.59 Å². The van der Waals surface area contributed by atoms with Crippen LogP contribution in [0.1, 0.15) is 34.3 Å². The second-order valence-electron chi connectivity index (χ2n) is 6.90. The molecule has 30 heavy (non-hydrogen) atoms. The van der Waals surface area contributed by atoms with Gasteiger partial charge in [0.15, 0.2) is 0 Å². The highest BCUT2D eigenvalue weighted by Gasteiger charge is 2.13. The van der Waals surface area contributed by atoms with Gasteiger partial charge in [-0.2, -0.15) is 0 Å². The number of amides is 2. The van der Waals surface area contributed by atoms with Crippen molar-refractivity contribution in [2.24, 2.45) is 0 Å². The van der Waals surface area contributed by atoms with Crippen molar-refractivity contribution in [2.45, 2.75) is 26.3 Å². The molecule has 2 N–H and O–H groups in total. The number of anilines is 1. The summed E-state index contributed by atoms with van der Waals surface area (Å²) < 4.78 is 5.65. The number of hydrogen-bond acceptors (Lipinski definition) is 4. The maximum absolute atomic E-state index is 12.6. The summed E-state index contributed by atoms with van der Waals surface area (Å²) >= 11 is 0. The summed E-state index contributed by atoms with van der Waals surface area (Å²) in [5.74, 6) is 0.379. The third-order valence-corrected chi connectivity index (χ3v) is 4.46. The number of aromatic nitrogens is 1. The second kappa shape index (κ2) is 10.8. The molecule has 0 saturated carbocycles. The van der Waals surface area contributed by atoms with E-state index in [-0.39, 0.29) is 11.8 Å². The number of para-hydroxylation sites is 1. The largest absolute Gasteiger partial charge is 0.494 e. The summed E-state index contributed by atoms with van der Waals surface area (Å²) in [5, 5.41) is 5.68. The second-order valence-corrected chi connectivity index (χ2v) is 6.90. The number of aryl methyl sites for hydroxylation is 1. The van der Waals surface area contributed by atoms with Crippen LogP contribution in [-0.4, -0.2) is 23.4 Å². The predicted octanol–water partition coefficient (Wildman–Crippen LogP) is 4.12. The first-order chi connectivity index (χ1) is 14.6. The molecule has 0 spiro atoms. The Bertz CT molecular complexity index is 973. The number of nitrogens with one attached hydrogen (secondary N) is 2. The fourth-order valence-electron chi connectivity index (χ4n) is 2.84. The van der Waals surface area contributed by atoms with E-state index in [0.717, 1.165) is 11.3 Å². The van der Waals surface area contributed by atoms with Crippen molar-refractivity contribution in [2.75, 3.05) is 11.9 Å². The Kier molecular flexibility index (Phi) is 7.55. The Morgan fingerprint density at radius 3 is 2.57 bits per heavy atom. The monoisotopic (exact) mass is 403 g/mol. The average molecular weight is 403 g/mol. The highest BCUT2D eigenvalue weighted by atomic mass is 16.5. The summed E-state index contributed by atoms with van der Waals surface area (Å²) in [6, 6.07) is 18.5. The zero-order chi connectivity index (χ0) is 21.2. The lowest BCUT2D eigenvalue weighted by Gasteiger charge is -2.12. The number of ether oxygens (including phenoxy) is 1. The maximum Gasteiger partial charge on any atom is 0.253 e. The number of benzene rings is 2. The predicted molar refractivity (Wildman–Crippen MR) is 116 cm³/mol. The van der Waals surface area contributed by atoms with Crippen molar-refractivity contribution < 1.29 is 14.3 Å². The van der Waals surface area contributed by atoms with E-state index in [1.54, 1.807) is 36.7 Å². The van der Waals surface area contributed by atoms with E-state index in [1.165, 1.54) is 5.56 Å². The summed E-state index contributed by atoms with van der Waals surface area (Å²) in [6.07, 6.45) is 4.27. The van der Waals surface area contributed by atoms with Gasteiger partial charge in [0, 0.05) is 25.4 Å². The molecule has 2 amide bonds. The fourth-order valence-corrected chi connectivity index (χ4v) is 2.84. The maximum atomic E-state index is 12.6. The van der Waals surface area contributed by atoms with E-state index in [4.69, 9.17) is 4.74 Å². The SMILES string of the molecule is Cc1ccc(OCCCC(=O)Nc2ccccc2C(=O)NCc2cccnc2)cc1. The molecule has 1 aromatic heterocycles. The van der Waals surface area contributed by atoms with Gasteiger partial charge < -0.3 is 15.4 Å². The zero-order valence-electron chi connectivity index (χ0n) is 16.9. The molecule has 0 radical (unpaired) electrons. The van der Waals surface area contributed by atoms with Crippen molar-refractivity contribution in [3.05, 3.63) is 89.7 Å². The van der Waals surface area contributed by atoms with Gasteiger partial charge in [0.1, 0.15) is 5.75 Å². The van der Waals surface area contributed by atoms with E-state index in [2.05, 4.69) is 15.6 Å². The first-order valence-electron chi connectivity index (χ1n) is 9.87. The molecule has 3 aromatic rings. The van der Waals surface area contributed by atoms with E-state index in [0.29, 0.717) is 37.2 Å². The molecule has 0 aliphatic rings. The molecule has 0 unspecified atom stereocenters. The number of carbonyl (C=O) groups excluding carboxylic acids is 2. The Hall–Kier alpha value is -3.67. The molecule has 0 saturated heterocycles. The number of pyridine rings is 1. The first-order valence-corrected chi connectivity index (χ1v) is 9.87. The lowest BCUT2D eigenvalue weighted by molar-refractivity contribution is -0.116. The molecule has 154 valence electrons. The van der Waals surface area contributed by atoms with E-state index >= 15 is 0 Å². The molecule has 2 aromatic carbocycles. The molecule has 6 nitrogen and oxygen atoms in total. The van der Waals surface area contributed by atoms with E-state index < -0.39 is 0 Å². The molecule has 0 aliphatic heterocycles. The molecule has 0 atom stereocenters. The van der Waals surface area contributed by atoms with Crippen LogP contribution in [0.4, 0.5) is 5.69 Å². The summed E-state index contributed by atoms with van der Waals surface area (Å²) in [4.78, 5) is 28.9. The minimum absolute atomic E-state index is 0.157. The normalized spacial score (nSPS) is 10.3. The van der Waals surface area contributed by atoms with Gasteiger partial charge in [0.2, 0.25) is 5.91 Å². The van der Waals surface area contributed by atoms with Gasteiger partial charge in [0.25, 0.3) is 5.91 Å². The van der Waals surface area contributed by atoms with Gasteiger partial charge >= 0.3 is 0 Å². The lowest BCUT2D eigenvalue weighted by Crippen LogP contribution is -2.25. The Balaban J connectivity index is 1.47. The van der Waals surface area contributed by atoms with Crippen LogP contribution in [0, 0.1) is 6.92 Å². The van der Waals surface area contributed by atoms with Gasteiger partial charge in [0.05, 0.1) is 17.9 Å².